The molecule has 0 spiro atoms. The highest BCUT2D eigenvalue weighted by Crippen LogP contribution is 2.19. The van der Waals surface area contributed by atoms with E-state index in [2.05, 4.69) is 0 Å². The van der Waals surface area contributed by atoms with E-state index in [4.69, 9.17) is 5.73 Å². The number of nitrogens with zero attached hydrogens (tertiary/aromatic N) is 1. The van der Waals surface area contributed by atoms with Gasteiger partial charge in [-0.25, -0.2) is 0 Å². The highest BCUT2D eigenvalue weighted by atomic mass is 16.3. The summed E-state index contributed by atoms with van der Waals surface area (Å²) in [5, 5.41) is 9.20. The maximum atomic E-state index is 12.1. The van der Waals surface area contributed by atoms with Crippen LogP contribution < -0.4 is 5.73 Å². The van der Waals surface area contributed by atoms with Crippen LogP contribution in [0.15, 0.2) is 24.3 Å². The first-order valence-electron chi connectivity index (χ1n) is 6.46. The molecule has 0 radical (unpaired) electrons. The molecular weight excluding hydrogens is 228 g/mol. The normalized spacial score (nSPS) is 19.2. The third-order valence-electron chi connectivity index (χ3n) is 3.57. The van der Waals surface area contributed by atoms with E-state index in [1.165, 1.54) is 0 Å². The van der Waals surface area contributed by atoms with Crippen LogP contribution >= 0.6 is 0 Å². The number of anilines is 1. The Morgan fingerprint density at radius 1 is 1.44 bits per heavy atom. The van der Waals surface area contributed by atoms with Gasteiger partial charge in [-0.15, -0.1) is 0 Å². The molecule has 18 heavy (non-hydrogen) atoms. The number of para-hydroxylation sites is 1. The second-order valence-electron chi connectivity index (χ2n) is 4.76. The monoisotopic (exact) mass is 248 g/mol. The summed E-state index contributed by atoms with van der Waals surface area (Å²) < 4.78 is 0. The number of benzene rings is 1. The van der Waals surface area contributed by atoms with E-state index in [1.54, 1.807) is 4.90 Å². The van der Waals surface area contributed by atoms with Crippen molar-refractivity contribution in [3.8, 4) is 0 Å². The zero-order valence-corrected chi connectivity index (χ0v) is 10.5. The van der Waals surface area contributed by atoms with Gasteiger partial charge in [0.15, 0.2) is 0 Å². The molecule has 0 aliphatic carbocycles. The van der Waals surface area contributed by atoms with Crippen LogP contribution in [0.3, 0.4) is 0 Å². The summed E-state index contributed by atoms with van der Waals surface area (Å²) >= 11 is 0. The van der Waals surface area contributed by atoms with Crippen LogP contribution in [0.5, 0.6) is 0 Å². The lowest BCUT2D eigenvalue weighted by Gasteiger charge is -2.23. The maximum Gasteiger partial charge on any atom is 0.223 e. The summed E-state index contributed by atoms with van der Waals surface area (Å²) in [6.45, 7) is 0.841. The molecule has 1 aromatic carbocycles. The first-order chi connectivity index (χ1) is 8.72. The first kappa shape index (κ1) is 12.9. The van der Waals surface area contributed by atoms with Crippen molar-refractivity contribution in [2.45, 2.75) is 31.7 Å². The van der Waals surface area contributed by atoms with Crippen molar-refractivity contribution in [3.63, 3.8) is 0 Å². The third kappa shape index (κ3) is 2.82. The van der Waals surface area contributed by atoms with E-state index < -0.39 is 0 Å². The van der Waals surface area contributed by atoms with Gasteiger partial charge in [-0.3, -0.25) is 4.79 Å². The molecule has 1 atom stereocenters. The molecule has 1 fully saturated rings. The summed E-state index contributed by atoms with van der Waals surface area (Å²) in [5.41, 5.74) is 7.61. The number of carbonyl (C=O) groups excluding carboxylic acids is 1. The molecule has 98 valence electrons. The SMILES string of the molecule is Nc1ccccc1CCC(=O)N1CCC[C@@H]1CO. The zero-order valence-electron chi connectivity index (χ0n) is 10.5. The lowest BCUT2D eigenvalue weighted by atomic mass is 10.1. The van der Waals surface area contributed by atoms with Gasteiger partial charge in [0.2, 0.25) is 5.91 Å². The van der Waals surface area contributed by atoms with Crippen LogP contribution in [-0.4, -0.2) is 35.1 Å². The summed E-state index contributed by atoms with van der Waals surface area (Å²) in [5.74, 6) is 0.120. The molecule has 4 heteroatoms. The van der Waals surface area contributed by atoms with Gasteiger partial charge in [0, 0.05) is 18.7 Å². The molecule has 0 unspecified atom stereocenters. The molecule has 1 heterocycles. The molecule has 3 N–H and O–H groups in total. The van der Waals surface area contributed by atoms with Crippen LogP contribution in [0.4, 0.5) is 5.69 Å². The Morgan fingerprint density at radius 3 is 2.94 bits per heavy atom. The molecule has 1 saturated heterocycles. The quantitative estimate of drug-likeness (QED) is 0.786. The number of aliphatic hydroxyl groups excluding tert-OH is 1. The van der Waals surface area contributed by atoms with Gasteiger partial charge in [0.25, 0.3) is 0 Å². The van der Waals surface area contributed by atoms with Crippen molar-refractivity contribution in [3.05, 3.63) is 29.8 Å². The molecule has 1 aliphatic heterocycles. The van der Waals surface area contributed by atoms with E-state index >= 15 is 0 Å². The summed E-state index contributed by atoms with van der Waals surface area (Å²) in [7, 11) is 0. The highest BCUT2D eigenvalue weighted by Gasteiger charge is 2.27. The van der Waals surface area contributed by atoms with Gasteiger partial charge in [-0.2, -0.15) is 0 Å². The standard InChI is InChI=1S/C14H20N2O2/c15-13-6-2-1-4-11(13)7-8-14(18)16-9-3-5-12(16)10-17/h1-2,4,6,12,17H,3,5,7-10,15H2/t12-/m1/s1. The number of nitrogens with two attached hydrogens (primary N) is 1. The van der Waals surface area contributed by atoms with Crippen LogP contribution in [0, 0.1) is 0 Å². The van der Waals surface area contributed by atoms with E-state index in [9.17, 15) is 9.90 Å². The Kier molecular flexibility index (Phi) is 4.20. The van der Waals surface area contributed by atoms with Crippen LogP contribution in [0.2, 0.25) is 0 Å². The minimum absolute atomic E-state index is 0.0191. The Morgan fingerprint density at radius 2 is 2.22 bits per heavy atom. The number of amides is 1. The number of hydrogen-bond acceptors (Lipinski definition) is 3. The zero-order chi connectivity index (χ0) is 13.0. The lowest BCUT2D eigenvalue weighted by Crippen LogP contribution is -2.37. The summed E-state index contributed by atoms with van der Waals surface area (Å²) in [4.78, 5) is 13.9. The third-order valence-corrected chi connectivity index (χ3v) is 3.57. The van der Waals surface area contributed by atoms with Gasteiger partial charge in [0.1, 0.15) is 0 Å². The second kappa shape index (κ2) is 5.87. The minimum Gasteiger partial charge on any atom is -0.399 e. The Hall–Kier alpha value is -1.55. The van der Waals surface area contributed by atoms with Crippen LogP contribution in [0.25, 0.3) is 0 Å². The van der Waals surface area contributed by atoms with E-state index in [-0.39, 0.29) is 18.6 Å². The number of likely N-dealkylation sites (tertiary alicyclic amines) is 1. The number of nitrogen functional groups attached to an aromatic ring is 1. The molecule has 1 aromatic rings. The van der Waals surface area contributed by atoms with Crippen molar-refractivity contribution < 1.29 is 9.90 Å². The molecule has 4 nitrogen and oxygen atoms in total. The topological polar surface area (TPSA) is 66.6 Å². The average molecular weight is 248 g/mol. The predicted octanol–water partition coefficient (Wildman–Crippen LogP) is 1.18. The summed E-state index contributed by atoms with van der Waals surface area (Å²) in [6, 6.07) is 7.65. The van der Waals surface area contributed by atoms with Crippen molar-refractivity contribution in [2.24, 2.45) is 0 Å². The number of rotatable bonds is 4. The lowest BCUT2D eigenvalue weighted by molar-refractivity contribution is -0.132. The van der Waals surface area contributed by atoms with E-state index in [0.717, 1.165) is 30.6 Å². The van der Waals surface area contributed by atoms with E-state index in [0.29, 0.717) is 12.8 Å². The van der Waals surface area contributed by atoms with Crippen molar-refractivity contribution in [1.82, 2.24) is 4.90 Å². The number of hydrogen-bond donors (Lipinski definition) is 2. The largest absolute Gasteiger partial charge is 0.399 e. The average Bonchev–Trinajstić information content (AvgIpc) is 2.86. The fraction of sp³-hybridized carbons (Fsp3) is 0.500. The van der Waals surface area contributed by atoms with E-state index in [1.807, 2.05) is 24.3 Å². The van der Waals surface area contributed by atoms with Gasteiger partial charge in [0.05, 0.1) is 12.6 Å². The Bertz CT molecular complexity index is 420. The fourth-order valence-corrected chi connectivity index (χ4v) is 2.50. The van der Waals surface area contributed by atoms with Crippen molar-refractivity contribution >= 4 is 11.6 Å². The van der Waals surface area contributed by atoms with Crippen LogP contribution in [0.1, 0.15) is 24.8 Å². The highest BCUT2D eigenvalue weighted by molar-refractivity contribution is 5.77. The second-order valence-corrected chi connectivity index (χ2v) is 4.76. The predicted molar refractivity (Wildman–Crippen MR) is 71.0 cm³/mol. The maximum absolute atomic E-state index is 12.1. The number of aliphatic hydroxyl groups is 1. The van der Waals surface area contributed by atoms with Crippen LogP contribution in [-0.2, 0) is 11.2 Å². The first-order valence-corrected chi connectivity index (χ1v) is 6.46. The van der Waals surface area contributed by atoms with Crippen molar-refractivity contribution in [2.75, 3.05) is 18.9 Å². The van der Waals surface area contributed by atoms with Gasteiger partial charge < -0.3 is 15.7 Å². The molecular formula is C14H20N2O2. The number of carbonyl (C=O) groups is 1. The van der Waals surface area contributed by atoms with Gasteiger partial charge >= 0.3 is 0 Å². The molecule has 1 amide bonds. The van der Waals surface area contributed by atoms with Crippen molar-refractivity contribution in [1.29, 1.82) is 0 Å². The summed E-state index contributed by atoms with van der Waals surface area (Å²) in [6.07, 6.45) is 3.03. The van der Waals surface area contributed by atoms with Gasteiger partial charge in [-0.05, 0) is 30.9 Å². The fourth-order valence-electron chi connectivity index (χ4n) is 2.50. The Labute approximate surface area is 107 Å². The molecule has 0 bridgehead atoms. The smallest absolute Gasteiger partial charge is 0.223 e. The number of aryl methyl sites for hydroxylation is 1. The van der Waals surface area contributed by atoms with Gasteiger partial charge in [-0.1, -0.05) is 18.2 Å². The molecule has 2 rings (SSSR count). The minimum atomic E-state index is 0.0191. The Balaban J connectivity index is 1.90. The molecule has 0 saturated carbocycles. The molecule has 1 aliphatic rings. The molecule has 0 aromatic heterocycles.